The van der Waals surface area contributed by atoms with E-state index < -0.39 is 21.2 Å². The number of piperidine rings is 1. The Morgan fingerprint density at radius 3 is 2.59 bits per heavy atom. The number of carboxylic acids is 1. The van der Waals surface area contributed by atoms with Crippen molar-refractivity contribution in [2.75, 3.05) is 27.2 Å². The Balaban J connectivity index is 2.81. The lowest BCUT2D eigenvalue weighted by Crippen LogP contribution is -2.50. The van der Waals surface area contributed by atoms with Gasteiger partial charge in [0.05, 0.1) is 0 Å². The molecular formula is C10H20N2O4S. The van der Waals surface area contributed by atoms with Gasteiger partial charge in [-0.25, -0.2) is 8.42 Å². The number of rotatable bonds is 4. The second-order valence-electron chi connectivity index (χ2n) is 4.60. The summed E-state index contributed by atoms with van der Waals surface area (Å²) in [7, 11) is -0.346. The van der Waals surface area contributed by atoms with Crippen LogP contribution in [-0.2, 0) is 14.8 Å². The maximum Gasteiger partial charge on any atom is 0.323 e. The van der Waals surface area contributed by atoms with E-state index >= 15 is 0 Å². The first-order valence-corrected chi connectivity index (χ1v) is 7.15. The van der Waals surface area contributed by atoms with E-state index in [1.165, 1.54) is 18.3 Å². The van der Waals surface area contributed by atoms with Crippen LogP contribution in [0.25, 0.3) is 0 Å². The Morgan fingerprint density at radius 2 is 2.12 bits per heavy atom. The molecule has 0 aromatic carbocycles. The van der Waals surface area contributed by atoms with Gasteiger partial charge in [0.2, 0.25) is 10.0 Å². The summed E-state index contributed by atoms with van der Waals surface area (Å²) in [5.74, 6) is -1.30. The quantitative estimate of drug-likeness (QED) is 0.762. The van der Waals surface area contributed by atoms with E-state index in [4.69, 9.17) is 5.11 Å². The predicted octanol–water partition coefficient (Wildman–Crippen LogP) is -0.185. The summed E-state index contributed by atoms with van der Waals surface area (Å²) >= 11 is 0. The number of likely N-dealkylation sites (N-methyl/N-ethyl adjacent to an activating group) is 2. The molecule has 0 aromatic heterocycles. The molecule has 17 heavy (non-hydrogen) atoms. The topological polar surface area (TPSA) is 77.9 Å². The van der Waals surface area contributed by atoms with E-state index in [2.05, 4.69) is 4.90 Å². The fraction of sp³-hybridized carbons (Fsp3) is 0.900. The zero-order valence-electron chi connectivity index (χ0n) is 10.5. The molecule has 1 aliphatic rings. The third-order valence-electron chi connectivity index (χ3n) is 3.31. The minimum Gasteiger partial charge on any atom is -0.480 e. The summed E-state index contributed by atoms with van der Waals surface area (Å²) in [6.07, 6.45) is 1.72. The molecule has 1 aliphatic heterocycles. The molecule has 1 fully saturated rings. The van der Waals surface area contributed by atoms with Crippen LogP contribution in [0.15, 0.2) is 0 Å². The van der Waals surface area contributed by atoms with Gasteiger partial charge < -0.3 is 10.0 Å². The van der Waals surface area contributed by atoms with Crippen molar-refractivity contribution in [2.45, 2.75) is 31.1 Å². The largest absolute Gasteiger partial charge is 0.480 e. The maximum atomic E-state index is 12.0. The molecule has 2 atom stereocenters. The van der Waals surface area contributed by atoms with Gasteiger partial charge in [-0.2, -0.15) is 4.31 Å². The van der Waals surface area contributed by atoms with Gasteiger partial charge in [0, 0.05) is 19.6 Å². The predicted molar refractivity (Wildman–Crippen MR) is 64.3 cm³/mol. The van der Waals surface area contributed by atoms with E-state index in [-0.39, 0.29) is 6.04 Å². The van der Waals surface area contributed by atoms with Crippen molar-refractivity contribution < 1.29 is 18.3 Å². The van der Waals surface area contributed by atoms with Gasteiger partial charge in [0.1, 0.15) is 0 Å². The first-order chi connectivity index (χ1) is 7.76. The number of sulfonamides is 1. The lowest BCUT2D eigenvalue weighted by molar-refractivity contribution is -0.136. The Bertz CT molecular complexity index is 382. The van der Waals surface area contributed by atoms with Crippen LogP contribution in [0.2, 0.25) is 0 Å². The molecule has 0 amide bonds. The summed E-state index contributed by atoms with van der Waals surface area (Å²) < 4.78 is 25.2. The van der Waals surface area contributed by atoms with Gasteiger partial charge in [0.25, 0.3) is 0 Å². The Hall–Kier alpha value is -0.660. The van der Waals surface area contributed by atoms with Crippen molar-refractivity contribution in [3.63, 3.8) is 0 Å². The fourth-order valence-electron chi connectivity index (χ4n) is 2.02. The molecular weight excluding hydrogens is 244 g/mol. The number of carboxylic acid groups (broad SMARTS) is 1. The number of carbonyl (C=O) groups is 1. The number of likely N-dealkylation sites (tertiary alicyclic amines) is 1. The molecule has 0 saturated carbocycles. The van der Waals surface area contributed by atoms with E-state index in [0.717, 1.165) is 19.4 Å². The van der Waals surface area contributed by atoms with Crippen molar-refractivity contribution in [1.82, 2.24) is 9.21 Å². The molecule has 2 unspecified atom stereocenters. The summed E-state index contributed by atoms with van der Waals surface area (Å²) in [6, 6.07) is -0.124. The average molecular weight is 264 g/mol. The van der Waals surface area contributed by atoms with Crippen molar-refractivity contribution >= 4 is 16.0 Å². The monoisotopic (exact) mass is 264 g/mol. The third kappa shape index (κ3) is 3.17. The number of nitrogens with zero attached hydrogens (tertiary/aromatic N) is 2. The van der Waals surface area contributed by atoms with Crippen LogP contribution in [-0.4, -0.2) is 67.2 Å². The van der Waals surface area contributed by atoms with Gasteiger partial charge in [-0.3, -0.25) is 4.79 Å². The highest BCUT2D eigenvalue weighted by molar-refractivity contribution is 7.90. The summed E-state index contributed by atoms with van der Waals surface area (Å²) in [5, 5.41) is 7.41. The molecule has 1 N–H and O–H groups in total. The highest BCUT2D eigenvalue weighted by atomic mass is 32.2. The SMILES string of the molecule is CC(C(=O)O)S(=O)(=O)N(C)C1CCCN(C)C1. The first-order valence-electron chi connectivity index (χ1n) is 5.65. The average Bonchev–Trinajstić information content (AvgIpc) is 2.26. The van der Waals surface area contributed by atoms with Crippen LogP contribution in [0, 0.1) is 0 Å². The van der Waals surface area contributed by atoms with Gasteiger partial charge in [-0.1, -0.05) is 0 Å². The zero-order chi connectivity index (χ0) is 13.2. The van der Waals surface area contributed by atoms with Crippen LogP contribution in [0.1, 0.15) is 19.8 Å². The second-order valence-corrected chi connectivity index (χ2v) is 6.91. The molecule has 0 radical (unpaired) electrons. The Labute approximate surface area is 102 Å². The van der Waals surface area contributed by atoms with Crippen LogP contribution in [0.4, 0.5) is 0 Å². The molecule has 1 saturated heterocycles. The zero-order valence-corrected chi connectivity index (χ0v) is 11.3. The van der Waals surface area contributed by atoms with Crippen molar-refractivity contribution in [2.24, 2.45) is 0 Å². The molecule has 6 nitrogen and oxygen atoms in total. The summed E-state index contributed by atoms with van der Waals surface area (Å²) in [5.41, 5.74) is 0. The molecule has 0 aliphatic carbocycles. The van der Waals surface area contributed by atoms with Crippen molar-refractivity contribution in [1.29, 1.82) is 0 Å². The van der Waals surface area contributed by atoms with E-state index in [1.54, 1.807) is 0 Å². The van der Waals surface area contributed by atoms with E-state index in [0.29, 0.717) is 6.54 Å². The minimum absolute atomic E-state index is 0.124. The van der Waals surface area contributed by atoms with Gasteiger partial charge in [-0.05, 0) is 33.4 Å². The first kappa shape index (κ1) is 14.4. The highest BCUT2D eigenvalue weighted by Gasteiger charge is 2.36. The number of aliphatic carboxylic acids is 1. The second kappa shape index (κ2) is 5.32. The van der Waals surface area contributed by atoms with Gasteiger partial charge in [-0.15, -0.1) is 0 Å². The van der Waals surface area contributed by atoms with Crippen LogP contribution >= 0.6 is 0 Å². The number of hydrogen-bond donors (Lipinski definition) is 1. The van der Waals surface area contributed by atoms with Crippen molar-refractivity contribution in [3.8, 4) is 0 Å². The van der Waals surface area contributed by atoms with Gasteiger partial charge >= 0.3 is 5.97 Å². The molecule has 7 heteroatoms. The van der Waals surface area contributed by atoms with Crippen LogP contribution in [0.5, 0.6) is 0 Å². The van der Waals surface area contributed by atoms with Crippen LogP contribution < -0.4 is 0 Å². The summed E-state index contributed by atoms with van der Waals surface area (Å²) in [6.45, 7) is 2.82. The summed E-state index contributed by atoms with van der Waals surface area (Å²) in [4.78, 5) is 12.8. The minimum atomic E-state index is -3.75. The van der Waals surface area contributed by atoms with Gasteiger partial charge in [0.15, 0.2) is 5.25 Å². The molecule has 0 bridgehead atoms. The van der Waals surface area contributed by atoms with Crippen molar-refractivity contribution in [3.05, 3.63) is 0 Å². The fourth-order valence-corrected chi connectivity index (χ4v) is 3.36. The Morgan fingerprint density at radius 1 is 1.53 bits per heavy atom. The van der Waals surface area contributed by atoms with Crippen LogP contribution in [0.3, 0.4) is 0 Å². The molecule has 1 rings (SSSR count). The molecule has 0 spiro atoms. The normalized spacial score (nSPS) is 24.8. The highest BCUT2D eigenvalue weighted by Crippen LogP contribution is 2.18. The third-order valence-corrected chi connectivity index (χ3v) is 5.51. The Kier molecular flexibility index (Phi) is 4.51. The molecule has 0 aromatic rings. The lowest BCUT2D eigenvalue weighted by atomic mass is 10.1. The molecule has 100 valence electrons. The molecule has 1 heterocycles. The standard InChI is InChI=1S/C10H20N2O4S/c1-8(10(13)14)17(15,16)12(3)9-5-4-6-11(2)7-9/h8-9H,4-7H2,1-3H3,(H,13,14). The lowest BCUT2D eigenvalue weighted by Gasteiger charge is -2.35. The number of hydrogen-bond acceptors (Lipinski definition) is 4. The van der Waals surface area contributed by atoms with E-state index in [9.17, 15) is 13.2 Å². The maximum absolute atomic E-state index is 12.0. The van der Waals surface area contributed by atoms with E-state index in [1.807, 2.05) is 7.05 Å². The smallest absolute Gasteiger partial charge is 0.323 e.